The van der Waals surface area contributed by atoms with Gasteiger partial charge in [0.05, 0.1) is 25.1 Å². The van der Waals surface area contributed by atoms with E-state index in [0.717, 1.165) is 29.7 Å². The first kappa shape index (κ1) is 24.2. The number of aryl methyl sites for hydroxylation is 2. The Bertz CT molecular complexity index is 926. The molecule has 0 aliphatic rings. The zero-order chi connectivity index (χ0) is 22.8. The van der Waals surface area contributed by atoms with Gasteiger partial charge in [0.1, 0.15) is 0 Å². The van der Waals surface area contributed by atoms with Crippen molar-refractivity contribution in [3.8, 4) is 11.5 Å². The summed E-state index contributed by atoms with van der Waals surface area (Å²) in [4.78, 5) is 38.2. The van der Waals surface area contributed by atoms with Crippen LogP contribution >= 0.6 is 11.3 Å². The summed E-state index contributed by atoms with van der Waals surface area (Å²) in [7, 11) is 1.49. The van der Waals surface area contributed by atoms with E-state index in [1.54, 1.807) is 12.1 Å². The van der Waals surface area contributed by atoms with Gasteiger partial charge in [0, 0.05) is 10.4 Å². The maximum atomic E-state index is 12.3. The molecule has 0 radical (unpaired) electrons. The van der Waals surface area contributed by atoms with E-state index in [-0.39, 0.29) is 12.5 Å². The van der Waals surface area contributed by atoms with Crippen molar-refractivity contribution >= 4 is 29.1 Å². The van der Waals surface area contributed by atoms with Crippen LogP contribution in [0.1, 0.15) is 57.2 Å². The van der Waals surface area contributed by atoms with E-state index in [9.17, 15) is 14.4 Å². The molecule has 0 unspecified atom stereocenters. The molecule has 31 heavy (non-hydrogen) atoms. The minimum absolute atomic E-state index is 0.259. The first-order valence-corrected chi connectivity index (χ1v) is 11.0. The Morgan fingerprint density at radius 3 is 2.45 bits per heavy atom. The second-order valence-corrected chi connectivity index (χ2v) is 7.96. The lowest BCUT2D eigenvalue weighted by atomic mass is 10.2. The summed E-state index contributed by atoms with van der Waals surface area (Å²) in [6.07, 6.45) is 2.78. The highest BCUT2D eigenvalue weighted by Crippen LogP contribution is 2.28. The largest absolute Gasteiger partial charge is 0.493 e. The number of nitrogens with one attached hydrogen (secondary N) is 3. The smallest absolute Gasteiger partial charge is 0.269 e. The minimum Gasteiger partial charge on any atom is -0.493 e. The van der Waals surface area contributed by atoms with E-state index < -0.39 is 11.8 Å². The molecule has 0 fully saturated rings. The van der Waals surface area contributed by atoms with Crippen LogP contribution in [0.5, 0.6) is 11.5 Å². The number of ether oxygens (including phenoxy) is 2. The van der Waals surface area contributed by atoms with E-state index in [4.69, 9.17) is 9.47 Å². The Morgan fingerprint density at radius 2 is 1.81 bits per heavy atom. The Morgan fingerprint density at radius 1 is 1.03 bits per heavy atom. The number of methoxy groups -OCH3 is 1. The zero-order valence-corrected chi connectivity index (χ0v) is 19.1. The first-order valence-electron chi connectivity index (χ1n) is 10.2. The fourth-order valence-corrected chi connectivity index (χ4v) is 3.76. The third-order valence-corrected chi connectivity index (χ3v) is 5.85. The number of hydrogen-bond acceptors (Lipinski definition) is 6. The summed E-state index contributed by atoms with van der Waals surface area (Å²) in [5.74, 6) is -0.399. The fourth-order valence-electron chi connectivity index (χ4n) is 2.73. The normalized spacial score (nSPS) is 10.3. The lowest BCUT2D eigenvalue weighted by Gasteiger charge is -2.12. The average molecular weight is 448 g/mol. The first-order chi connectivity index (χ1) is 14.9. The van der Waals surface area contributed by atoms with Gasteiger partial charge in [-0.3, -0.25) is 25.2 Å². The molecule has 168 valence electrons. The van der Waals surface area contributed by atoms with Crippen molar-refractivity contribution in [2.45, 2.75) is 40.0 Å². The van der Waals surface area contributed by atoms with Crippen LogP contribution in [0.4, 0.5) is 0 Å². The van der Waals surface area contributed by atoms with Crippen molar-refractivity contribution in [2.75, 3.05) is 20.3 Å². The van der Waals surface area contributed by atoms with Crippen LogP contribution in [0.3, 0.4) is 0 Å². The molecule has 8 nitrogen and oxygen atoms in total. The predicted octanol–water partition coefficient (Wildman–Crippen LogP) is 3.00. The highest BCUT2D eigenvalue weighted by atomic mass is 32.1. The van der Waals surface area contributed by atoms with Gasteiger partial charge in [-0.1, -0.05) is 20.3 Å². The van der Waals surface area contributed by atoms with Crippen LogP contribution in [0.25, 0.3) is 0 Å². The van der Waals surface area contributed by atoms with Crippen LogP contribution in [0.15, 0.2) is 24.3 Å². The van der Waals surface area contributed by atoms with Crippen molar-refractivity contribution in [3.05, 3.63) is 45.1 Å². The summed E-state index contributed by atoms with van der Waals surface area (Å²) in [5.41, 5.74) is 5.97. The monoisotopic (exact) mass is 447 g/mol. The van der Waals surface area contributed by atoms with Crippen molar-refractivity contribution in [1.29, 1.82) is 0 Å². The summed E-state index contributed by atoms with van der Waals surface area (Å²) >= 11 is 1.41. The number of rotatable bonds is 10. The molecule has 9 heteroatoms. The highest BCUT2D eigenvalue weighted by molar-refractivity contribution is 7.14. The molecule has 2 aromatic rings. The molecule has 0 aliphatic carbocycles. The molecule has 0 bridgehead atoms. The van der Waals surface area contributed by atoms with Gasteiger partial charge in [-0.25, -0.2) is 0 Å². The Balaban J connectivity index is 1.84. The third kappa shape index (κ3) is 6.99. The van der Waals surface area contributed by atoms with Gasteiger partial charge in [0.15, 0.2) is 11.5 Å². The number of carbonyl (C=O) groups excluding carboxylic acids is 3. The Hall–Kier alpha value is -3.07. The van der Waals surface area contributed by atoms with Crippen molar-refractivity contribution in [1.82, 2.24) is 16.2 Å². The number of hydrazine groups is 1. The lowest BCUT2D eigenvalue weighted by Crippen LogP contribution is -2.46. The van der Waals surface area contributed by atoms with E-state index >= 15 is 0 Å². The second-order valence-electron chi connectivity index (χ2n) is 6.82. The summed E-state index contributed by atoms with van der Waals surface area (Å²) in [5, 5.41) is 2.55. The van der Waals surface area contributed by atoms with Crippen LogP contribution < -0.4 is 25.6 Å². The molecule has 0 saturated carbocycles. The predicted molar refractivity (Wildman–Crippen MR) is 120 cm³/mol. The van der Waals surface area contributed by atoms with Gasteiger partial charge >= 0.3 is 0 Å². The number of amides is 3. The van der Waals surface area contributed by atoms with Gasteiger partial charge in [-0.05, 0) is 49.6 Å². The molecule has 2 rings (SSSR count). The Labute approximate surface area is 186 Å². The fraction of sp³-hybridized carbons (Fsp3) is 0.409. The maximum Gasteiger partial charge on any atom is 0.269 e. The summed E-state index contributed by atoms with van der Waals surface area (Å²) in [6.45, 7) is 6.35. The number of benzene rings is 1. The molecule has 1 aromatic heterocycles. The molecule has 1 heterocycles. The van der Waals surface area contributed by atoms with E-state index in [0.29, 0.717) is 28.5 Å². The SMILES string of the molecule is CCCCOc1ccc(C(=O)NNC(=O)CNC(=O)c2cc(C)c(CC)s2)cc1OC. The van der Waals surface area contributed by atoms with Crippen LogP contribution in [0.2, 0.25) is 0 Å². The molecule has 0 saturated heterocycles. The van der Waals surface area contributed by atoms with E-state index in [1.807, 2.05) is 19.9 Å². The molecule has 0 aliphatic heterocycles. The molecule has 3 N–H and O–H groups in total. The van der Waals surface area contributed by atoms with E-state index in [1.165, 1.54) is 24.5 Å². The van der Waals surface area contributed by atoms with Crippen LogP contribution in [0, 0.1) is 6.92 Å². The summed E-state index contributed by atoms with van der Waals surface area (Å²) in [6, 6.07) is 6.58. The average Bonchev–Trinajstić information content (AvgIpc) is 3.16. The molecule has 0 atom stereocenters. The van der Waals surface area contributed by atoms with Gasteiger partial charge < -0.3 is 14.8 Å². The molecule has 1 aromatic carbocycles. The summed E-state index contributed by atoms with van der Waals surface area (Å²) < 4.78 is 10.9. The van der Waals surface area contributed by atoms with Crippen molar-refractivity contribution < 1.29 is 23.9 Å². The molecular formula is C22H29N3O5S. The van der Waals surface area contributed by atoms with Crippen molar-refractivity contribution in [2.24, 2.45) is 0 Å². The number of carbonyl (C=O) groups is 3. The third-order valence-electron chi connectivity index (χ3n) is 4.47. The maximum absolute atomic E-state index is 12.3. The highest BCUT2D eigenvalue weighted by Gasteiger charge is 2.14. The molecule has 0 spiro atoms. The second kappa shape index (κ2) is 11.9. The van der Waals surface area contributed by atoms with Crippen LogP contribution in [-0.4, -0.2) is 38.0 Å². The Kier molecular flexibility index (Phi) is 9.33. The molecule has 3 amide bonds. The van der Waals surface area contributed by atoms with Crippen molar-refractivity contribution in [3.63, 3.8) is 0 Å². The quantitative estimate of drug-likeness (QED) is 0.384. The standard InChI is InChI=1S/C22H29N3O5S/c1-5-7-10-30-16-9-8-15(12-17(16)29-4)21(27)25-24-20(26)13-23-22(28)19-11-14(3)18(6-2)31-19/h8-9,11-12H,5-7,10,13H2,1-4H3,(H,23,28)(H,24,26)(H,25,27). The van der Waals surface area contributed by atoms with E-state index in [2.05, 4.69) is 23.1 Å². The number of hydrogen-bond donors (Lipinski definition) is 3. The van der Waals surface area contributed by atoms with Crippen LogP contribution in [-0.2, 0) is 11.2 Å². The van der Waals surface area contributed by atoms with Gasteiger partial charge in [0.25, 0.3) is 17.7 Å². The van der Waals surface area contributed by atoms with Gasteiger partial charge in [-0.2, -0.15) is 0 Å². The van der Waals surface area contributed by atoms with Gasteiger partial charge in [0.2, 0.25) is 0 Å². The number of unbranched alkanes of at least 4 members (excludes halogenated alkanes) is 1. The topological polar surface area (TPSA) is 106 Å². The minimum atomic E-state index is -0.544. The van der Waals surface area contributed by atoms with Gasteiger partial charge in [-0.15, -0.1) is 11.3 Å². The molecular weight excluding hydrogens is 418 g/mol. The lowest BCUT2D eigenvalue weighted by molar-refractivity contribution is -0.120. The number of thiophene rings is 1. The zero-order valence-electron chi connectivity index (χ0n) is 18.3.